The van der Waals surface area contributed by atoms with Crippen molar-refractivity contribution in [2.45, 2.75) is 6.92 Å². The summed E-state index contributed by atoms with van der Waals surface area (Å²) in [7, 11) is 3.15. The molecule has 128 valence electrons. The quantitative estimate of drug-likeness (QED) is 0.572. The molecule has 1 N–H and O–H groups in total. The second kappa shape index (κ2) is 7.04. The molecule has 1 aromatic carbocycles. The van der Waals surface area contributed by atoms with Gasteiger partial charge in [0.25, 0.3) is 5.91 Å². The average Bonchev–Trinajstić information content (AvgIpc) is 2.97. The van der Waals surface area contributed by atoms with E-state index in [1.165, 1.54) is 6.21 Å². The van der Waals surface area contributed by atoms with Crippen LogP contribution in [0.2, 0.25) is 0 Å². The van der Waals surface area contributed by atoms with Crippen molar-refractivity contribution in [2.75, 3.05) is 14.2 Å². The first-order chi connectivity index (χ1) is 12.1. The number of nitrogens with zero attached hydrogens (tertiary/aromatic N) is 3. The number of methoxy groups -OCH3 is 2. The number of aromatic nitrogens is 2. The van der Waals surface area contributed by atoms with E-state index < -0.39 is 0 Å². The highest BCUT2D eigenvalue weighted by molar-refractivity contribution is 5.95. The van der Waals surface area contributed by atoms with Gasteiger partial charge in [0.05, 0.1) is 26.1 Å². The molecule has 0 bridgehead atoms. The summed E-state index contributed by atoms with van der Waals surface area (Å²) in [6.45, 7) is 1.79. The van der Waals surface area contributed by atoms with E-state index in [1.807, 2.05) is 18.2 Å². The topological polar surface area (TPSA) is 77.2 Å². The number of ether oxygens (including phenoxy) is 2. The van der Waals surface area contributed by atoms with Crippen molar-refractivity contribution in [1.29, 1.82) is 0 Å². The van der Waals surface area contributed by atoms with E-state index in [0.29, 0.717) is 28.5 Å². The molecule has 0 spiro atoms. The lowest BCUT2D eigenvalue weighted by Crippen LogP contribution is -2.20. The Morgan fingerprint density at radius 3 is 2.84 bits per heavy atom. The van der Waals surface area contributed by atoms with Crippen LogP contribution in [0.25, 0.3) is 5.65 Å². The zero-order valence-corrected chi connectivity index (χ0v) is 14.2. The zero-order chi connectivity index (χ0) is 17.8. The van der Waals surface area contributed by atoms with E-state index in [1.54, 1.807) is 49.9 Å². The first-order valence-corrected chi connectivity index (χ1v) is 7.63. The molecule has 3 aromatic rings. The van der Waals surface area contributed by atoms with Crippen LogP contribution in [0.5, 0.6) is 11.5 Å². The van der Waals surface area contributed by atoms with Gasteiger partial charge in [-0.3, -0.25) is 9.20 Å². The van der Waals surface area contributed by atoms with Crippen LogP contribution in [-0.2, 0) is 0 Å². The molecule has 7 nitrogen and oxygen atoms in total. The number of pyridine rings is 1. The van der Waals surface area contributed by atoms with Crippen LogP contribution < -0.4 is 14.9 Å². The third kappa shape index (κ3) is 3.30. The van der Waals surface area contributed by atoms with E-state index in [9.17, 15) is 4.79 Å². The average molecular weight is 338 g/mol. The third-order valence-corrected chi connectivity index (χ3v) is 3.73. The van der Waals surface area contributed by atoms with E-state index in [2.05, 4.69) is 15.5 Å². The number of benzene rings is 1. The highest BCUT2D eigenvalue weighted by Crippen LogP contribution is 2.23. The first-order valence-electron chi connectivity index (χ1n) is 7.63. The standard InChI is InChI=1S/C18H18N4O3/c1-12-17(22-9-5-4-6-16(22)20-12)18(23)21-19-11-13-7-8-14(24-2)10-15(13)25-3/h4-11H,1-3H3,(H,21,23)/b19-11+. The number of fused-ring (bicyclic) bond motifs is 1. The summed E-state index contributed by atoms with van der Waals surface area (Å²) in [5, 5.41) is 4.02. The van der Waals surface area contributed by atoms with Crippen LogP contribution in [0.15, 0.2) is 47.7 Å². The number of aryl methyl sites for hydroxylation is 1. The Kier molecular flexibility index (Phi) is 4.65. The molecule has 25 heavy (non-hydrogen) atoms. The van der Waals surface area contributed by atoms with Gasteiger partial charge in [0.15, 0.2) is 0 Å². The van der Waals surface area contributed by atoms with Crippen LogP contribution in [0.3, 0.4) is 0 Å². The van der Waals surface area contributed by atoms with Crippen LogP contribution in [0, 0.1) is 6.92 Å². The number of hydrazone groups is 1. The van der Waals surface area contributed by atoms with Crippen molar-refractivity contribution < 1.29 is 14.3 Å². The maximum Gasteiger partial charge on any atom is 0.290 e. The summed E-state index contributed by atoms with van der Waals surface area (Å²) >= 11 is 0. The fraction of sp³-hybridized carbons (Fsp3) is 0.167. The van der Waals surface area contributed by atoms with Crippen LogP contribution in [0.4, 0.5) is 0 Å². The second-order valence-corrected chi connectivity index (χ2v) is 5.28. The van der Waals surface area contributed by atoms with Gasteiger partial charge in [0, 0.05) is 17.8 Å². The highest BCUT2D eigenvalue weighted by Gasteiger charge is 2.15. The second-order valence-electron chi connectivity index (χ2n) is 5.28. The number of amides is 1. The van der Waals surface area contributed by atoms with Gasteiger partial charge in [-0.1, -0.05) is 6.07 Å². The summed E-state index contributed by atoms with van der Waals surface area (Å²) in [5.74, 6) is 0.947. The molecule has 0 atom stereocenters. The normalized spacial score (nSPS) is 11.0. The number of nitrogens with one attached hydrogen (secondary N) is 1. The minimum absolute atomic E-state index is 0.333. The van der Waals surface area contributed by atoms with Gasteiger partial charge in [-0.15, -0.1) is 0 Å². The summed E-state index contributed by atoms with van der Waals surface area (Å²) in [6, 6.07) is 10.9. The van der Waals surface area contributed by atoms with Gasteiger partial charge < -0.3 is 9.47 Å². The van der Waals surface area contributed by atoms with Gasteiger partial charge in [-0.2, -0.15) is 5.10 Å². The lowest BCUT2D eigenvalue weighted by Gasteiger charge is -2.07. The van der Waals surface area contributed by atoms with Crippen molar-refractivity contribution in [1.82, 2.24) is 14.8 Å². The molecule has 0 fully saturated rings. The SMILES string of the molecule is COc1ccc(/C=N/NC(=O)c2c(C)nc3ccccn23)c(OC)c1. The summed E-state index contributed by atoms with van der Waals surface area (Å²) in [6.07, 6.45) is 3.31. The molecule has 0 aliphatic carbocycles. The van der Waals surface area contributed by atoms with Gasteiger partial charge in [0.2, 0.25) is 0 Å². The zero-order valence-electron chi connectivity index (χ0n) is 14.2. The lowest BCUT2D eigenvalue weighted by molar-refractivity contribution is 0.0948. The molecule has 2 aromatic heterocycles. The van der Waals surface area contributed by atoms with Crippen molar-refractivity contribution in [3.63, 3.8) is 0 Å². The number of rotatable bonds is 5. The van der Waals surface area contributed by atoms with Crippen molar-refractivity contribution in [3.8, 4) is 11.5 Å². The molecule has 7 heteroatoms. The third-order valence-electron chi connectivity index (χ3n) is 3.73. The van der Waals surface area contributed by atoms with Gasteiger partial charge in [-0.05, 0) is 31.2 Å². The molecular formula is C18H18N4O3. The molecule has 1 amide bonds. The number of imidazole rings is 1. The van der Waals surface area contributed by atoms with E-state index in [0.717, 1.165) is 5.56 Å². The summed E-state index contributed by atoms with van der Waals surface area (Å²) in [5.41, 5.74) is 5.06. The molecule has 3 rings (SSSR count). The molecule has 0 radical (unpaired) electrons. The minimum Gasteiger partial charge on any atom is -0.497 e. The minimum atomic E-state index is -0.333. The Bertz CT molecular complexity index is 947. The Morgan fingerprint density at radius 2 is 2.08 bits per heavy atom. The van der Waals surface area contributed by atoms with Crippen LogP contribution in [0.1, 0.15) is 21.7 Å². The highest BCUT2D eigenvalue weighted by atomic mass is 16.5. The number of hydrogen-bond acceptors (Lipinski definition) is 5. The summed E-state index contributed by atoms with van der Waals surface area (Å²) < 4.78 is 12.2. The van der Waals surface area contributed by atoms with Gasteiger partial charge in [-0.25, -0.2) is 10.4 Å². The van der Waals surface area contributed by atoms with Crippen molar-refractivity contribution >= 4 is 17.8 Å². The number of hydrogen-bond donors (Lipinski definition) is 1. The molecule has 2 heterocycles. The predicted octanol–water partition coefficient (Wildman–Crippen LogP) is 2.42. The lowest BCUT2D eigenvalue weighted by atomic mass is 10.2. The molecular weight excluding hydrogens is 320 g/mol. The monoisotopic (exact) mass is 338 g/mol. The number of carbonyl (C=O) groups excluding carboxylic acids is 1. The molecule has 0 unspecified atom stereocenters. The fourth-order valence-electron chi connectivity index (χ4n) is 2.53. The number of carbonyl (C=O) groups is 1. The van der Waals surface area contributed by atoms with Gasteiger partial charge in [0.1, 0.15) is 22.8 Å². The maximum atomic E-state index is 12.4. The van der Waals surface area contributed by atoms with Crippen molar-refractivity contribution in [3.05, 3.63) is 59.5 Å². The Morgan fingerprint density at radius 1 is 1.24 bits per heavy atom. The predicted molar refractivity (Wildman–Crippen MR) is 94.5 cm³/mol. The van der Waals surface area contributed by atoms with E-state index in [4.69, 9.17) is 9.47 Å². The smallest absolute Gasteiger partial charge is 0.290 e. The molecule has 0 saturated heterocycles. The van der Waals surface area contributed by atoms with Crippen molar-refractivity contribution in [2.24, 2.45) is 5.10 Å². The van der Waals surface area contributed by atoms with Crippen LogP contribution >= 0.6 is 0 Å². The molecule has 0 aliphatic heterocycles. The fourth-order valence-corrected chi connectivity index (χ4v) is 2.53. The van der Waals surface area contributed by atoms with E-state index in [-0.39, 0.29) is 5.91 Å². The van der Waals surface area contributed by atoms with Gasteiger partial charge >= 0.3 is 0 Å². The largest absolute Gasteiger partial charge is 0.497 e. The van der Waals surface area contributed by atoms with E-state index >= 15 is 0 Å². The molecule has 0 saturated carbocycles. The Labute approximate surface area is 144 Å². The summed E-state index contributed by atoms with van der Waals surface area (Å²) in [4.78, 5) is 16.8. The maximum absolute atomic E-state index is 12.4. The Hall–Kier alpha value is -3.35. The Balaban J connectivity index is 1.80. The van der Waals surface area contributed by atoms with Crippen LogP contribution in [-0.4, -0.2) is 35.7 Å². The molecule has 0 aliphatic rings. The first kappa shape index (κ1) is 16.5.